The minimum Gasteiger partial charge on any atom is -0.480 e. The highest BCUT2D eigenvalue weighted by molar-refractivity contribution is 5.71. The topological polar surface area (TPSA) is 55.1 Å². The Morgan fingerprint density at radius 1 is 1.60 bits per heavy atom. The molecule has 0 saturated carbocycles. The number of alkyl halides is 3. The Labute approximate surface area is 83.3 Å². The number of halogens is 3. The molecule has 0 unspecified atom stereocenters. The van der Waals surface area contributed by atoms with Gasteiger partial charge in [-0.2, -0.15) is 18.3 Å². The van der Waals surface area contributed by atoms with E-state index in [9.17, 15) is 18.0 Å². The second kappa shape index (κ2) is 3.56. The van der Waals surface area contributed by atoms with Gasteiger partial charge in [0.15, 0.2) is 5.69 Å². The highest BCUT2D eigenvalue weighted by atomic mass is 19.4. The molecule has 1 heterocycles. The number of aryl methyl sites for hydroxylation is 1. The fraction of sp³-hybridized carbons (Fsp3) is 0.500. The number of carbonyl (C=O) groups is 1. The van der Waals surface area contributed by atoms with Crippen LogP contribution in [0.4, 0.5) is 13.2 Å². The molecular weight excluding hydrogens is 213 g/mol. The van der Waals surface area contributed by atoms with Crippen LogP contribution in [0, 0.1) is 6.92 Å². The maximum atomic E-state index is 12.3. The fourth-order valence-electron chi connectivity index (χ4n) is 1.07. The van der Waals surface area contributed by atoms with Gasteiger partial charge in [-0.25, -0.2) is 4.79 Å². The molecule has 0 spiro atoms. The summed E-state index contributed by atoms with van der Waals surface area (Å²) in [6.45, 7) is 2.50. The zero-order chi connectivity index (χ0) is 11.8. The summed E-state index contributed by atoms with van der Waals surface area (Å²) in [5.74, 6) is -1.23. The predicted octanol–water partition coefficient (Wildman–Crippen LogP) is 1.86. The van der Waals surface area contributed by atoms with Gasteiger partial charge >= 0.3 is 12.1 Å². The lowest BCUT2D eigenvalue weighted by atomic mass is 10.3. The Hall–Kier alpha value is -1.53. The number of carboxylic acids is 1. The highest BCUT2D eigenvalue weighted by Crippen LogP contribution is 2.30. The molecule has 7 heteroatoms. The van der Waals surface area contributed by atoms with Crippen molar-refractivity contribution in [3.8, 4) is 0 Å². The molecule has 1 aromatic rings. The average Bonchev–Trinajstić information content (AvgIpc) is 2.44. The molecule has 0 saturated heterocycles. The summed E-state index contributed by atoms with van der Waals surface area (Å²) in [7, 11) is 0. The van der Waals surface area contributed by atoms with E-state index in [1.807, 2.05) is 0 Å². The normalized spacial score (nSPS) is 13.9. The Morgan fingerprint density at radius 2 is 2.13 bits per heavy atom. The summed E-state index contributed by atoms with van der Waals surface area (Å²) >= 11 is 0. The molecule has 4 nitrogen and oxygen atoms in total. The monoisotopic (exact) mass is 222 g/mol. The predicted molar refractivity (Wildman–Crippen MR) is 44.3 cm³/mol. The summed E-state index contributed by atoms with van der Waals surface area (Å²) in [5, 5.41) is 11.8. The third-order valence-corrected chi connectivity index (χ3v) is 1.94. The van der Waals surface area contributed by atoms with Crippen molar-refractivity contribution in [3.63, 3.8) is 0 Å². The van der Waals surface area contributed by atoms with Crippen molar-refractivity contribution in [3.05, 3.63) is 17.5 Å². The first kappa shape index (κ1) is 11.5. The number of hydrogen-bond donors (Lipinski definition) is 1. The number of carboxylic acid groups (broad SMARTS) is 1. The van der Waals surface area contributed by atoms with Crippen LogP contribution in [0.2, 0.25) is 0 Å². The standard InChI is InChI=1S/C8H9F3N2O2/c1-4-3-13(5(2)7(14)15)12-6(4)8(9,10)11/h3,5H,1-2H3,(H,14,15)/t5-/m0/s1. The van der Waals surface area contributed by atoms with Crippen LogP contribution in [0.5, 0.6) is 0 Å². The molecule has 1 N–H and O–H groups in total. The molecule has 0 fully saturated rings. The molecular formula is C8H9F3N2O2. The van der Waals surface area contributed by atoms with Crippen LogP contribution < -0.4 is 0 Å². The number of hydrogen-bond acceptors (Lipinski definition) is 2. The van der Waals surface area contributed by atoms with E-state index in [1.165, 1.54) is 13.8 Å². The fourth-order valence-corrected chi connectivity index (χ4v) is 1.07. The zero-order valence-corrected chi connectivity index (χ0v) is 8.04. The van der Waals surface area contributed by atoms with Crippen LogP contribution in [-0.2, 0) is 11.0 Å². The summed E-state index contributed by atoms with van der Waals surface area (Å²) in [6, 6.07) is -1.11. The van der Waals surface area contributed by atoms with E-state index in [2.05, 4.69) is 5.10 Å². The number of rotatable bonds is 2. The highest BCUT2D eigenvalue weighted by Gasteiger charge is 2.36. The van der Waals surface area contributed by atoms with Crippen molar-refractivity contribution in [2.45, 2.75) is 26.1 Å². The van der Waals surface area contributed by atoms with Crippen LogP contribution in [0.25, 0.3) is 0 Å². The van der Waals surface area contributed by atoms with E-state index in [0.717, 1.165) is 10.9 Å². The van der Waals surface area contributed by atoms with Crippen molar-refractivity contribution in [2.24, 2.45) is 0 Å². The second-order valence-electron chi connectivity index (χ2n) is 3.15. The molecule has 15 heavy (non-hydrogen) atoms. The Kier molecular flexibility index (Phi) is 2.74. The first-order chi connectivity index (χ1) is 6.73. The molecule has 1 rings (SSSR count). The van der Waals surface area contributed by atoms with Gasteiger partial charge in [0.25, 0.3) is 0 Å². The molecule has 0 amide bonds. The molecule has 0 aliphatic rings. The minimum absolute atomic E-state index is 0.0874. The smallest absolute Gasteiger partial charge is 0.435 e. The largest absolute Gasteiger partial charge is 0.480 e. The second-order valence-corrected chi connectivity index (χ2v) is 3.15. The van der Waals surface area contributed by atoms with Gasteiger partial charge in [0, 0.05) is 6.20 Å². The van der Waals surface area contributed by atoms with E-state index in [-0.39, 0.29) is 5.56 Å². The number of aliphatic carboxylic acids is 1. The lowest BCUT2D eigenvalue weighted by Crippen LogP contribution is -2.17. The molecule has 0 aliphatic heterocycles. The third-order valence-electron chi connectivity index (χ3n) is 1.94. The Balaban J connectivity index is 3.11. The first-order valence-corrected chi connectivity index (χ1v) is 4.09. The summed E-state index contributed by atoms with van der Waals surface area (Å²) in [5.41, 5.74) is -1.13. The molecule has 0 aromatic carbocycles. The van der Waals surface area contributed by atoms with Crippen LogP contribution in [0.3, 0.4) is 0 Å². The molecule has 0 aliphatic carbocycles. The van der Waals surface area contributed by atoms with E-state index < -0.39 is 23.9 Å². The van der Waals surface area contributed by atoms with Gasteiger partial charge in [-0.3, -0.25) is 4.68 Å². The van der Waals surface area contributed by atoms with Crippen molar-refractivity contribution >= 4 is 5.97 Å². The molecule has 1 aromatic heterocycles. The van der Waals surface area contributed by atoms with E-state index in [1.54, 1.807) is 0 Å². The van der Waals surface area contributed by atoms with Crippen molar-refractivity contribution in [1.29, 1.82) is 0 Å². The lowest BCUT2D eigenvalue weighted by Gasteiger charge is -2.06. The van der Waals surface area contributed by atoms with Crippen LogP contribution in [-0.4, -0.2) is 20.9 Å². The Morgan fingerprint density at radius 3 is 2.47 bits per heavy atom. The van der Waals surface area contributed by atoms with Crippen molar-refractivity contribution in [1.82, 2.24) is 9.78 Å². The van der Waals surface area contributed by atoms with E-state index in [4.69, 9.17) is 5.11 Å². The lowest BCUT2D eigenvalue weighted by molar-refractivity contribution is -0.144. The Bertz CT molecular complexity index is 384. The van der Waals surface area contributed by atoms with Gasteiger partial charge in [-0.05, 0) is 19.4 Å². The molecule has 0 bridgehead atoms. The number of nitrogens with zero attached hydrogens (tertiary/aromatic N) is 2. The maximum Gasteiger partial charge on any atom is 0.435 e. The van der Waals surface area contributed by atoms with E-state index in [0.29, 0.717) is 0 Å². The SMILES string of the molecule is Cc1cn([C@@H](C)C(=O)O)nc1C(F)(F)F. The van der Waals surface area contributed by atoms with Crippen molar-refractivity contribution in [2.75, 3.05) is 0 Å². The molecule has 0 radical (unpaired) electrons. The molecule has 1 atom stereocenters. The summed E-state index contributed by atoms with van der Waals surface area (Å²) in [6.07, 6.45) is -3.48. The van der Waals surface area contributed by atoms with Gasteiger partial charge in [0.1, 0.15) is 6.04 Å². The van der Waals surface area contributed by atoms with Gasteiger partial charge in [-0.1, -0.05) is 0 Å². The van der Waals surface area contributed by atoms with Gasteiger partial charge in [0.2, 0.25) is 0 Å². The summed E-state index contributed by atoms with van der Waals surface area (Å²) in [4.78, 5) is 10.5. The van der Waals surface area contributed by atoms with Gasteiger partial charge in [-0.15, -0.1) is 0 Å². The van der Waals surface area contributed by atoms with Gasteiger partial charge < -0.3 is 5.11 Å². The average molecular weight is 222 g/mol. The third kappa shape index (κ3) is 2.28. The minimum atomic E-state index is -4.55. The van der Waals surface area contributed by atoms with E-state index >= 15 is 0 Å². The van der Waals surface area contributed by atoms with Crippen LogP contribution >= 0.6 is 0 Å². The molecule has 84 valence electrons. The number of aromatic nitrogens is 2. The van der Waals surface area contributed by atoms with Crippen molar-refractivity contribution < 1.29 is 23.1 Å². The first-order valence-electron chi connectivity index (χ1n) is 4.09. The summed E-state index contributed by atoms with van der Waals surface area (Å²) < 4.78 is 37.7. The van der Waals surface area contributed by atoms with Crippen LogP contribution in [0.1, 0.15) is 24.2 Å². The van der Waals surface area contributed by atoms with Gasteiger partial charge in [0.05, 0.1) is 0 Å². The maximum absolute atomic E-state index is 12.3. The van der Waals surface area contributed by atoms with Crippen LogP contribution in [0.15, 0.2) is 6.20 Å². The zero-order valence-electron chi connectivity index (χ0n) is 8.04. The quantitative estimate of drug-likeness (QED) is 0.830.